The third-order valence-electron chi connectivity index (χ3n) is 3.61. The zero-order chi connectivity index (χ0) is 13.1. The predicted molar refractivity (Wildman–Crippen MR) is 80.4 cm³/mol. The van der Waals surface area contributed by atoms with Crippen LogP contribution in [0.4, 0.5) is 5.69 Å². The monoisotopic (exact) mass is 245 g/mol. The van der Waals surface area contributed by atoms with Gasteiger partial charge < -0.3 is 4.90 Å². The molecule has 0 saturated carbocycles. The van der Waals surface area contributed by atoms with Gasteiger partial charge in [0.1, 0.15) is 0 Å². The molecule has 0 aromatic heterocycles. The number of fused-ring (bicyclic) bond motifs is 1. The number of hydrogen-bond acceptors (Lipinski definition) is 1. The van der Waals surface area contributed by atoms with Crippen LogP contribution in [-0.4, -0.2) is 13.1 Å². The molecule has 100 valence electrons. The van der Waals surface area contributed by atoms with Crippen molar-refractivity contribution in [3.8, 4) is 0 Å². The Bertz CT molecular complexity index is 393. The minimum Gasteiger partial charge on any atom is -0.371 e. The van der Waals surface area contributed by atoms with Crippen molar-refractivity contribution in [2.75, 3.05) is 18.0 Å². The Hall–Kier alpha value is -0.980. The summed E-state index contributed by atoms with van der Waals surface area (Å²) in [5.41, 5.74) is 4.69. The summed E-state index contributed by atoms with van der Waals surface area (Å²) < 4.78 is 0. The van der Waals surface area contributed by atoms with E-state index in [-0.39, 0.29) is 0 Å². The molecular formula is C17H27N. The number of benzene rings is 1. The maximum absolute atomic E-state index is 2.63. The quantitative estimate of drug-likeness (QED) is 0.764. The maximum atomic E-state index is 2.63. The van der Waals surface area contributed by atoms with Crippen molar-refractivity contribution < 1.29 is 0 Å². The number of nitrogens with zero attached hydrogens (tertiary/aromatic N) is 1. The number of hydrogen-bond donors (Lipinski definition) is 0. The molecule has 1 nitrogen and oxygen atoms in total. The molecule has 18 heavy (non-hydrogen) atoms. The van der Waals surface area contributed by atoms with Gasteiger partial charge in [-0.3, -0.25) is 0 Å². The van der Waals surface area contributed by atoms with E-state index in [2.05, 4.69) is 50.8 Å². The lowest BCUT2D eigenvalue weighted by Gasteiger charge is -2.35. The molecule has 0 aliphatic carbocycles. The first kappa shape index (κ1) is 13.5. The minimum absolute atomic E-state index is 0.735. The van der Waals surface area contributed by atoms with Crippen LogP contribution >= 0.6 is 0 Å². The van der Waals surface area contributed by atoms with Crippen molar-refractivity contribution in [2.45, 2.75) is 47.0 Å². The summed E-state index contributed by atoms with van der Waals surface area (Å²) in [5.74, 6) is 1.47. The molecule has 1 heterocycles. The van der Waals surface area contributed by atoms with E-state index in [0.717, 1.165) is 11.8 Å². The van der Waals surface area contributed by atoms with Crippen LogP contribution in [-0.2, 0) is 12.8 Å². The molecule has 0 amide bonds. The van der Waals surface area contributed by atoms with E-state index in [9.17, 15) is 0 Å². The summed E-state index contributed by atoms with van der Waals surface area (Å²) in [5, 5.41) is 0. The van der Waals surface area contributed by atoms with E-state index in [0.29, 0.717) is 0 Å². The molecule has 0 saturated heterocycles. The van der Waals surface area contributed by atoms with Gasteiger partial charge in [-0.05, 0) is 42.2 Å². The summed E-state index contributed by atoms with van der Waals surface area (Å²) in [6.45, 7) is 11.7. The molecular weight excluding hydrogens is 218 g/mol. The van der Waals surface area contributed by atoms with Crippen molar-refractivity contribution >= 4 is 5.69 Å². The SMILES string of the molecule is CC(C)Cc1cccc2c1N(CC(C)C)CCC2. The highest BCUT2D eigenvalue weighted by atomic mass is 15.1. The summed E-state index contributed by atoms with van der Waals surface area (Å²) in [6.07, 6.45) is 3.78. The second kappa shape index (κ2) is 5.77. The van der Waals surface area contributed by atoms with Gasteiger partial charge in [0.25, 0.3) is 0 Å². The zero-order valence-corrected chi connectivity index (χ0v) is 12.4. The molecule has 0 N–H and O–H groups in total. The molecule has 1 aromatic carbocycles. The topological polar surface area (TPSA) is 3.24 Å². The fourth-order valence-electron chi connectivity index (χ4n) is 3.05. The van der Waals surface area contributed by atoms with Crippen LogP contribution in [0.15, 0.2) is 18.2 Å². The number of para-hydroxylation sites is 1. The van der Waals surface area contributed by atoms with Gasteiger partial charge >= 0.3 is 0 Å². The Morgan fingerprint density at radius 2 is 1.89 bits per heavy atom. The van der Waals surface area contributed by atoms with Gasteiger partial charge in [-0.2, -0.15) is 0 Å². The van der Waals surface area contributed by atoms with Crippen molar-refractivity contribution in [3.63, 3.8) is 0 Å². The zero-order valence-electron chi connectivity index (χ0n) is 12.4. The van der Waals surface area contributed by atoms with Gasteiger partial charge in [0.2, 0.25) is 0 Å². The molecule has 0 spiro atoms. The molecule has 1 aliphatic rings. The molecule has 0 atom stereocenters. The fraction of sp³-hybridized carbons (Fsp3) is 0.647. The first-order valence-corrected chi connectivity index (χ1v) is 7.43. The van der Waals surface area contributed by atoms with Crippen LogP contribution in [0, 0.1) is 11.8 Å². The number of aryl methyl sites for hydroxylation is 1. The highest BCUT2D eigenvalue weighted by molar-refractivity contribution is 5.61. The highest BCUT2D eigenvalue weighted by Crippen LogP contribution is 2.32. The molecule has 0 fully saturated rings. The summed E-state index contributed by atoms with van der Waals surface area (Å²) >= 11 is 0. The lowest BCUT2D eigenvalue weighted by molar-refractivity contribution is 0.577. The molecule has 0 unspecified atom stereocenters. The Balaban J connectivity index is 2.33. The second-order valence-corrected chi connectivity index (χ2v) is 6.47. The van der Waals surface area contributed by atoms with Crippen LogP contribution in [0.3, 0.4) is 0 Å². The van der Waals surface area contributed by atoms with Crippen LogP contribution in [0.1, 0.15) is 45.2 Å². The van der Waals surface area contributed by atoms with E-state index in [1.54, 1.807) is 16.8 Å². The third kappa shape index (κ3) is 3.07. The van der Waals surface area contributed by atoms with E-state index < -0.39 is 0 Å². The van der Waals surface area contributed by atoms with E-state index in [1.165, 1.54) is 32.4 Å². The van der Waals surface area contributed by atoms with E-state index in [1.807, 2.05) is 0 Å². The van der Waals surface area contributed by atoms with E-state index >= 15 is 0 Å². The third-order valence-corrected chi connectivity index (χ3v) is 3.61. The predicted octanol–water partition coefficient (Wildman–Crippen LogP) is 4.29. The van der Waals surface area contributed by atoms with Crippen molar-refractivity contribution in [3.05, 3.63) is 29.3 Å². The Kier molecular flexibility index (Phi) is 4.31. The van der Waals surface area contributed by atoms with Gasteiger partial charge in [-0.15, -0.1) is 0 Å². The largest absolute Gasteiger partial charge is 0.371 e. The molecule has 2 rings (SSSR count). The van der Waals surface area contributed by atoms with Gasteiger partial charge in [0.05, 0.1) is 0 Å². The molecule has 1 heteroatoms. The smallest absolute Gasteiger partial charge is 0.0431 e. The lowest BCUT2D eigenvalue weighted by Crippen LogP contribution is -2.33. The molecule has 0 radical (unpaired) electrons. The molecule has 0 bridgehead atoms. The Morgan fingerprint density at radius 1 is 1.11 bits per heavy atom. The first-order valence-electron chi connectivity index (χ1n) is 7.43. The standard InChI is InChI=1S/C17H27N/c1-13(2)11-16-8-5-7-15-9-6-10-18(17(15)16)12-14(3)4/h5,7-8,13-14H,6,9-12H2,1-4H3. The molecule has 1 aromatic rings. The fourth-order valence-corrected chi connectivity index (χ4v) is 3.05. The van der Waals surface area contributed by atoms with Crippen molar-refractivity contribution in [1.82, 2.24) is 0 Å². The average Bonchev–Trinajstić information content (AvgIpc) is 2.27. The van der Waals surface area contributed by atoms with Crippen molar-refractivity contribution in [2.24, 2.45) is 11.8 Å². The summed E-state index contributed by atoms with van der Waals surface area (Å²) in [7, 11) is 0. The van der Waals surface area contributed by atoms with Gasteiger partial charge in [0.15, 0.2) is 0 Å². The van der Waals surface area contributed by atoms with Gasteiger partial charge in [0, 0.05) is 18.8 Å². The van der Waals surface area contributed by atoms with E-state index in [4.69, 9.17) is 0 Å². The molecule has 1 aliphatic heterocycles. The van der Waals surface area contributed by atoms with Gasteiger partial charge in [-0.25, -0.2) is 0 Å². The maximum Gasteiger partial charge on any atom is 0.0431 e. The average molecular weight is 245 g/mol. The lowest BCUT2D eigenvalue weighted by atomic mass is 9.92. The second-order valence-electron chi connectivity index (χ2n) is 6.47. The first-order chi connectivity index (χ1) is 8.58. The van der Waals surface area contributed by atoms with Crippen LogP contribution < -0.4 is 4.90 Å². The Morgan fingerprint density at radius 3 is 2.56 bits per heavy atom. The number of anilines is 1. The Labute approximate surface area is 112 Å². The van der Waals surface area contributed by atoms with Crippen LogP contribution in [0.5, 0.6) is 0 Å². The summed E-state index contributed by atoms with van der Waals surface area (Å²) in [4.78, 5) is 2.63. The van der Waals surface area contributed by atoms with Gasteiger partial charge in [-0.1, -0.05) is 45.9 Å². The highest BCUT2D eigenvalue weighted by Gasteiger charge is 2.20. The minimum atomic E-state index is 0.735. The normalized spacial score (nSPS) is 15.3. The van der Waals surface area contributed by atoms with Crippen LogP contribution in [0.25, 0.3) is 0 Å². The van der Waals surface area contributed by atoms with Crippen LogP contribution in [0.2, 0.25) is 0 Å². The number of rotatable bonds is 4. The summed E-state index contributed by atoms with van der Waals surface area (Å²) in [6, 6.07) is 6.90. The van der Waals surface area contributed by atoms with Crippen molar-refractivity contribution in [1.29, 1.82) is 0 Å².